The average molecular weight is 490 g/mol. The zero-order chi connectivity index (χ0) is 24.9. The van der Waals surface area contributed by atoms with Crippen LogP contribution in [-0.4, -0.2) is 41.8 Å². The summed E-state index contributed by atoms with van der Waals surface area (Å²) in [5, 5.41) is 13.6. The molecule has 1 aliphatic rings. The molecule has 0 unspecified atom stereocenters. The molecule has 1 N–H and O–H groups in total. The summed E-state index contributed by atoms with van der Waals surface area (Å²) < 4.78 is 10.7. The van der Waals surface area contributed by atoms with Crippen molar-refractivity contribution in [3.8, 4) is 11.8 Å². The smallest absolute Gasteiger partial charge is 0.342 e. The number of hydrogen-bond donors (Lipinski definition) is 1. The molecule has 4 rings (SSSR count). The van der Waals surface area contributed by atoms with Crippen molar-refractivity contribution in [2.24, 2.45) is 0 Å². The standard InChI is InChI=1S/C25H19N3O6S/c1-2-33-20-8-7-15(13-28-23(30)17-5-3-4-6-18(17)24(28)31)11-19(20)25(32)34-14-21(29)27-22-16(12-26)9-10-35-22/h3-11H,2,13-14H2,1H3,(H,27,29). The van der Waals surface area contributed by atoms with Gasteiger partial charge in [0, 0.05) is 0 Å². The van der Waals surface area contributed by atoms with E-state index in [9.17, 15) is 19.2 Å². The maximum Gasteiger partial charge on any atom is 0.342 e. The second-order valence-electron chi connectivity index (χ2n) is 7.41. The Bertz CT molecular complexity index is 1340. The number of nitriles is 1. The summed E-state index contributed by atoms with van der Waals surface area (Å²) in [6.45, 7) is 1.42. The molecule has 10 heteroatoms. The molecule has 0 spiro atoms. The largest absolute Gasteiger partial charge is 0.493 e. The third kappa shape index (κ3) is 4.90. The Hall–Kier alpha value is -4.49. The van der Waals surface area contributed by atoms with Gasteiger partial charge in [-0.1, -0.05) is 18.2 Å². The van der Waals surface area contributed by atoms with Crippen LogP contribution in [0.15, 0.2) is 53.9 Å². The zero-order valence-corrected chi connectivity index (χ0v) is 19.4. The van der Waals surface area contributed by atoms with Crippen LogP contribution in [0.5, 0.6) is 5.75 Å². The van der Waals surface area contributed by atoms with Crippen LogP contribution in [0.4, 0.5) is 5.00 Å². The van der Waals surface area contributed by atoms with E-state index in [2.05, 4.69) is 5.32 Å². The molecule has 2 heterocycles. The van der Waals surface area contributed by atoms with Crippen molar-refractivity contribution < 1.29 is 28.7 Å². The number of carbonyl (C=O) groups excluding carboxylic acids is 4. The third-order valence-corrected chi connectivity index (χ3v) is 5.99. The lowest BCUT2D eigenvalue weighted by Crippen LogP contribution is -2.29. The van der Waals surface area contributed by atoms with Gasteiger partial charge in [0.05, 0.1) is 29.8 Å². The van der Waals surface area contributed by atoms with Crippen molar-refractivity contribution in [3.63, 3.8) is 0 Å². The van der Waals surface area contributed by atoms with Crippen molar-refractivity contribution in [3.05, 3.63) is 81.7 Å². The molecule has 9 nitrogen and oxygen atoms in total. The van der Waals surface area contributed by atoms with Crippen LogP contribution in [0.25, 0.3) is 0 Å². The van der Waals surface area contributed by atoms with Crippen LogP contribution in [0.3, 0.4) is 0 Å². The first-order chi connectivity index (χ1) is 16.9. The molecule has 0 fully saturated rings. The predicted octanol–water partition coefficient (Wildman–Crippen LogP) is 3.61. The molecular formula is C25H19N3O6S. The number of hydrogen-bond acceptors (Lipinski definition) is 8. The van der Waals surface area contributed by atoms with Gasteiger partial charge in [0.1, 0.15) is 22.4 Å². The van der Waals surface area contributed by atoms with E-state index in [0.29, 0.717) is 27.3 Å². The van der Waals surface area contributed by atoms with Gasteiger partial charge >= 0.3 is 5.97 Å². The molecule has 0 bridgehead atoms. The van der Waals surface area contributed by atoms with Crippen molar-refractivity contribution in [1.29, 1.82) is 5.26 Å². The minimum absolute atomic E-state index is 0.0468. The normalized spacial score (nSPS) is 12.2. The highest BCUT2D eigenvalue weighted by molar-refractivity contribution is 7.14. The lowest BCUT2D eigenvalue weighted by atomic mass is 10.1. The molecule has 3 aromatic rings. The summed E-state index contributed by atoms with van der Waals surface area (Å²) in [5.41, 5.74) is 1.55. The fourth-order valence-corrected chi connectivity index (χ4v) is 4.30. The summed E-state index contributed by atoms with van der Waals surface area (Å²) >= 11 is 1.18. The van der Waals surface area contributed by atoms with Crippen molar-refractivity contribution in [1.82, 2.24) is 4.90 Å². The van der Waals surface area contributed by atoms with Crippen LogP contribution in [0.1, 0.15) is 49.1 Å². The first-order valence-electron chi connectivity index (χ1n) is 10.6. The molecule has 1 aromatic heterocycles. The fraction of sp³-hybridized carbons (Fsp3) is 0.160. The number of benzene rings is 2. The van der Waals surface area contributed by atoms with E-state index in [1.807, 2.05) is 6.07 Å². The van der Waals surface area contributed by atoms with Gasteiger partial charge in [0.2, 0.25) is 0 Å². The Morgan fingerprint density at radius 1 is 1.09 bits per heavy atom. The summed E-state index contributed by atoms with van der Waals surface area (Å²) in [4.78, 5) is 51.5. The van der Waals surface area contributed by atoms with Gasteiger partial charge in [0.25, 0.3) is 17.7 Å². The van der Waals surface area contributed by atoms with Crippen LogP contribution >= 0.6 is 11.3 Å². The quantitative estimate of drug-likeness (QED) is 0.378. The maximum absolute atomic E-state index is 12.8. The summed E-state index contributed by atoms with van der Waals surface area (Å²) in [6.07, 6.45) is 0. The van der Waals surface area contributed by atoms with Gasteiger partial charge in [-0.25, -0.2) is 4.79 Å². The van der Waals surface area contributed by atoms with Crippen LogP contribution in [-0.2, 0) is 16.1 Å². The Labute approximate surface area is 204 Å². The highest BCUT2D eigenvalue weighted by Crippen LogP contribution is 2.27. The predicted molar refractivity (Wildman–Crippen MR) is 126 cm³/mol. The molecule has 35 heavy (non-hydrogen) atoms. The number of esters is 1. The number of thiophene rings is 1. The van der Waals surface area contributed by atoms with E-state index in [4.69, 9.17) is 14.7 Å². The van der Waals surface area contributed by atoms with E-state index in [0.717, 1.165) is 4.90 Å². The topological polar surface area (TPSA) is 126 Å². The van der Waals surface area contributed by atoms with E-state index < -0.39 is 30.3 Å². The Balaban J connectivity index is 1.47. The third-order valence-electron chi connectivity index (χ3n) is 5.16. The van der Waals surface area contributed by atoms with Crippen molar-refractivity contribution in [2.75, 3.05) is 18.5 Å². The minimum Gasteiger partial charge on any atom is -0.493 e. The van der Waals surface area contributed by atoms with E-state index in [1.165, 1.54) is 17.4 Å². The number of nitrogens with zero attached hydrogens (tertiary/aromatic N) is 2. The zero-order valence-electron chi connectivity index (χ0n) is 18.6. The number of nitrogens with one attached hydrogen (secondary N) is 1. The number of fused-ring (bicyclic) bond motifs is 1. The molecule has 0 aliphatic carbocycles. The van der Waals surface area contributed by atoms with E-state index in [-0.39, 0.29) is 24.5 Å². The number of carbonyl (C=O) groups is 4. The highest BCUT2D eigenvalue weighted by atomic mass is 32.1. The van der Waals surface area contributed by atoms with Gasteiger partial charge < -0.3 is 14.8 Å². The van der Waals surface area contributed by atoms with Gasteiger partial charge in [-0.05, 0) is 48.2 Å². The average Bonchev–Trinajstić information content (AvgIpc) is 3.41. The number of rotatable bonds is 8. The van der Waals surface area contributed by atoms with Gasteiger partial charge in [-0.15, -0.1) is 11.3 Å². The molecule has 0 radical (unpaired) electrons. The second-order valence-corrected chi connectivity index (χ2v) is 8.32. The number of amides is 3. The van der Waals surface area contributed by atoms with Crippen molar-refractivity contribution >= 4 is 40.0 Å². The number of imide groups is 1. The molecule has 0 saturated carbocycles. The van der Waals surface area contributed by atoms with Crippen LogP contribution in [0, 0.1) is 11.3 Å². The Morgan fingerprint density at radius 3 is 2.46 bits per heavy atom. The Kier molecular flexibility index (Phi) is 6.89. The monoisotopic (exact) mass is 489 g/mol. The van der Waals surface area contributed by atoms with E-state index in [1.54, 1.807) is 54.8 Å². The molecule has 1 aliphatic heterocycles. The first-order valence-corrected chi connectivity index (χ1v) is 11.5. The molecule has 3 amide bonds. The lowest BCUT2D eigenvalue weighted by molar-refractivity contribution is -0.119. The lowest BCUT2D eigenvalue weighted by Gasteiger charge is -2.16. The summed E-state index contributed by atoms with van der Waals surface area (Å²) in [5.74, 6) is -1.98. The van der Waals surface area contributed by atoms with Crippen LogP contribution in [0.2, 0.25) is 0 Å². The maximum atomic E-state index is 12.8. The fourth-order valence-electron chi connectivity index (χ4n) is 3.55. The molecular weight excluding hydrogens is 470 g/mol. The number of anilines is 1. The molecule has 2 aromatic carbocycles. The highest BCUT2D eigenvalue weighted by Gasteiger charge is 2.35. The van der Waals surface area contributed by atoms with Crippen molar-refractivity contribution in [2.45, 2.75) is 13.5 Å². The van der Waals surface area contributed by atoms with Crippen LogP contribution < -0.4 is 10.1 Å². The number of ether oxygens (including phenoxy) is 2. The Morgan fingerprint density at radius 2 is 1.80 bits per heavy atom. The van der Waals surface area contributed by atoms with Gasteiger partial charge in [0.15, 0.2) is 6.61 Å². The van der Waals surface area contributed by atoms with Gasteiger partial charge in [-0.2, -0.15) is 5.26 Å². The molecule has 0 saturated heterocycles. The first kappa shape index (κ1) is 23.7. The second kappa shape index (κ2) is 10.2. The summed E-state index contributed by atoms with van der Waals surface area (Å²) in [7, 11) is 0. The van der Waals surface area contributed by atoms with E-state index >= 15 is 0 Å². The SMILES string of the molecule is CCOc1ccc(CN2C(=O)c3ccccc3C2=O)cc1C(=O)OCC(=O)Nc1sccc1C#N. The minimum atomic E-state index is -0.806. The molecule has 0 atom stereocenters. The summed E-state index contributed by atoms with van der Waals surface area (Å²) in [6, 6.07) is 14.8. The van der Waals surface area contributed by atoms with Gasteiger partial charge in [-0.3, -0.25) is 19.3 Å². The molecule has 176 valence electrons.